The van der Waals surface area contributed by atoms with Crippen LogP contribution in [0.5, 0.6) is 0 Å². The summed E-state index contributed by atoms with van der Waals surface area (Å²) < 4.78 is 0. The smallest absolute Gasteiger partial charge is 0.188 e. The zero-order valence-electron chi connectivity index (χ0n) is 11.6. The number of guanidine groups is 1. The van der Waals surface area contributed by atoms with E-state index in [0.29, 0.717) is 18.0 Å². The molecule has 0 saturated carbocycles. The molecule has 5 heteroatoms. The summed E-state index contributed by atoms with van der Waals surface area (Å²) in [7, 11) is 2.17. The molecule has 0 bridgehead atoms. The van der Waals surface area contributed by atoms with Gasteiger partial charge in [-0.1, -0.05) is 0 Å². The van der Waals surface area contributed by atoms with Crippen molar-refractivity contribution in [2.45, 2.75) is 32.9 Å². The van der Waals surface area contributed by atoms with Gasteiger partial charge in [-0.2, -0.15) is 0 Å². The molecule has 1 heterocycles. The summed E-state index contributed by atoms with van der Waals surface area (Å²) in [6.45, 7) is 11.7. The van der Waals surface area contributed by atoms with Crippen LogP contribution in [0.4, 0.5) is 0 Å². The number of hydrogen-bond donors (Lipinski definition) is 2. The van der Waals surface area contributed by atoms with Gasteiger partial charge < -0.3 is 16.0 Å². The third-order valence-electron chi connectivity index (χ3n) is 3.12. The highest BCUT2D eigenvalue weighted by molar-refractivity contribution is 5.78. The van der Waals surface area contributed by atoms with E-state index in [1.54, 1.807) is 0 Å². The van der Waals surface area contributed by atoms with E-state index in [1.165, 1.54) is 0 Å². The van der Waals surface area contributed by atoms with Gasteiger partial charge in [-0.15, -0.1) is 0 Å². The van der Waals surface area contributed by atoms with E-state index < -0.39 is 0 Å². The van der Waals surface area contributed by atoms with Crippen LogP contribution in [-0.2, 0) is 0 Å². The van der Waals surface area contributed by atoms with Crippen LogP contribution < -0.4 is 11.1 Å². The minimum atomic E-state index is 0.345. The highest BCUT2D eigenvalue weighted by Gasteiger charge is 2.18. The van der Waals surface area contributed by atoms with Crippen LogP contribution in [-0.4, -0.2) is 67.6 Å². The second-order valence-corrected chi connectivity index (χ2v) is 5.21. The molecule has 0 radical (unpaired) electrons. The summed E-state index contributed by atoms with van der Waals surface area (Å²) in [6, 6.07) is 0.814. The standard InChI is InChI=1S/C12H27N5/c1-10(2)15-12(13)14-9-11(3)17-7-5-16(4)6-8-17/h10-11H,5-9H2,1-4H3,(H3,13,14,15). The summed E-state index contributed by atoms with van der Waals surface area (Å²) in [6.07, 6.45) is 0. The van der Waals surface area contributed by atoms with Gasteiger partial charge in [-0.3, -0.25) is 9.89 Å². The Kier molecular flexibility index (Phi) is 5.71. The number of likely N-dealkylation sites (N-methyl/N-ethyl adjacent to an activating group) is 1. The van der Waals surface area contributed by atoms with Gasteiger partial charge in [0.25, 0.3) is 0 Å². The van der Waals surface area contributed by atoms with Crippen molar-refractivity contribution in [1.82, 2.24) is 15.1 Å². The molecule has 1 aliphatic rings. The van der Waals surface area contributed by atoms with E-state index in [4.69, 9.17) is 5.73 Å². The Balaban J connectivity index is 2.31. The van der Waals surface area contributed by atoms with Crippen molar-refractivity contribution < 1.29 is 0 Å². The fourth-order valence-electron chi connectivity index (χ4n) is 1.95. The Hall–Kier alpha value is -0.810. The summed E-state index contributed by atoms with van der Waals surface area (Å²) in [5.74, 6) is 0.556. The molecule has 100 valence electrons. The fourth-order valence-corrected chi connectivity index (χ4v) is 1.95. The normalized spacial score (nSPS) is 21.8. The first kappa shape index (κ1) is 14.3. The molecule has 0 aromatic heterocycles. The average Bonchev–Trinajstić information content (AvgIpc) is 2.26. The monoisotopic (exact) mass is 241 g/mol. The van der Waals surface area contributed by atoms with Crippen molar-refractivity contribution >= 4 is 5.96 Å². The Morgan fingerprint density at radius 1 is 1.24 bits per heavy atom. The SMILES string of the molecule is CC(C)NC(N)=NCC(C)N1CCN(C)CC1. The molecule has 1 saturated heterocycles. The Morgan fingerprint density at radius 3 is 2.35 bits per heavy atom. The van der Waals surface area contributed by atoms with E-state index in [9.17, 15) is 0 Å². The Labute approximate surface area is 105 Å². The van der Waals surface area contributed by atoms with Crippen LogP contribution >= 0.6 is 0 Å². The van der Waals surface area contributed by atoms with Gasteiger partial charge in [0.15, 0.2) is 5.96 Å². The molecule has 1 fully saturated rings. The van der Waals surface area contributed by atoms with Crippen LogP contribution in [0.25, 0.3) is 0 Å². The molecular formula is C12H27N5. The third-order valence-corrected chi connectivity index (χ3v) is 3.12. The fraction of sp³-hybridized carbons (Fsp3) is 0.917. The maximum atomic E-state index is 5.79. The minimum absolute atomic E-state index is 0.345. The van der Waals surface area contributed by atoms with E-state index in [-0.39, 0.29) is 0 Å². The van der Waals surface area contributed by atoms with Crippen molar-refractivity contribution in [2.75, 3.05) is 39.8 Å². The summed E-state index contributed by atoms with van der Waals surface area (Å²) in [5.41, 5.74) is 5.79. The molecule has 0 aliphatic carbocycles. The lowest BCUT2D eigenvalue weighted by Gasteiger charge is -2.35. The van der Waals surface area contributed by atoms with Crippen molar-refractivity contribution in [3.05, 3.63) is 0 Å². The number of aliphatic imine (C=N–C) groups is 1. The summed E-state index contributed by atoms with van der Waals surface area (Å²) in [4.78, 5) is 9.23. The predicted octanol–water partition coefficient (Wildman–Crippen LogP) is -0.0650. The second-order valence-electron chi connectivity index (χ2n) is 5.21. The largest absolute Gasteiger partial charge is 0.370 e. The van der Waals surface area contributed by atoms with Crippen LogP contribution in [0, 0.1) is 0 Å². The highest BCUT2D eigenvalue weighted by atomic mass is 15.3. The van der Waals surface area contributed by atoms with E-state index >= 15 is 0 Å². The van der Waals surface area contributed by atoms with Crippen LogP contribution in [0.2, 0.25) is 0 Å². The minimum Gasteiger partial charge on any atom is -0.370 e. The summed E-state index contributed by atoms with van der Waals surface area (Å²) in [5, 5.41) is 3.11. The maximum absolute atomic E-state index is 5.79. The number of rotatable bonds is 4. The number of nitrogens with zero attached hydrogens (tertiary/aromatic N) is 3. The quantitative estimate of drug-likeness (QED) is 0.535. The lowest BCUT2D eigenvalue weighted by molar-refractivity contribution is 0.122. The van der Waals surface area contributed by atoms with Crippen LogP contribution in [0.15, 0.2) is 4.99 Å². The van der Waals surface area contributed by atoms with Crippen molar-refractivity contribution in [3.8, 4) is 0 Å². The van der Waals surface area contributed by atoms with Gasteiger partial charge in [-0.05, 0) is 27.8 Å². The van der Waals surface area contributed by atoms with Crippen molar-refractivity contribution in [1.29, 1.82) is 0 Å². The van der Waals surface area contributed by atoms with Gasteiger partial charge >= 0.3 is 0 Å². The van der Waals surface area contributed by atoms with Gasteiger partial charge in [0, 0.05) is 38.3 Å². The van der Waals surface area contributed by atoms with E-state index in [0.717, 1.165) is 32.7 Å². The molecule has 3 N–H and O–H groups in total. The van der Waals surface area contributed by atoms with Crippen LogP contribution in [0.3, 0.4) is 0 Å². The van der Waals surface area contributed by atoms with Crippen LogP contribution in [0.1, 0.15) is 20.8 Å². The first-order valence-electron chi connectivity index (χ1n) is 6.48. The number of piperazine rings is 1. The van der Waals surface area contributed by atoms with Crippen molar-refractivity contribution in [2.24, 2.45) is 10.7 Å². The summed E-state index contributed by atoms with van der Waals surface area (Å²) >= 11 is 0. The molecule has 1 aliphatic heterocycles. The topological polar surface area (TPSA) is 56.9 Å². The molecule has 0 aromatic carbocycles. The highest BCUT2D eigenvalue weighted by Crippen LogP contribution is 2.04. The third kappa shape index (κ3) is 5.37. The lowest BCUT2D eigenvalue weighted by Crippen LogP contribution is -2.49. The molecule has 0 amide bonds. The molecule has 17 heavy (non-hydrogen) atoms. The van der Waals surface area contributed by atoms with Gasteiger partial charge in [0.05, 0.1) is 6.54 Å². The molecule has 0 spiro atoms. The first-order chi connectivity index (χ1) is 7.99. The number of nitrogens with two attached hydrogens (primary N) is 1. The predicted molar refractivity (Wildman–Crippen MR) is 73.3 cm³/mol. The molecule has 1 atom stereocenters. The number of nitrogens with one attached hydrogen (secondary N) is 1. The molecule has 1 unspecified atom stereocenters. The molecule has 0 aromatic rings. The molecular weight excluding hydrogens is 214 g/mol. The zero-order valence-corrected chi connectivity index (χ0v) is 11.6. The van der Waals surface area contributed by atoms with E-state index in [2.05, 4.69) is 47.9 Å². The van der Waals surface area contributed by atoms with Gasteiger partial charge in [0.2, 0.25) is 0 Å². The molecule has 5 nitrogen and oxygen atoms in total. The molecule has 1 rings (SSSR count). The number of hydrogen-bond acceptors (Lipinski definition) is 3. The Bertz CT molecular complexity index is 243. The maximum Gasteiger partial charge on any atom is 0.188 e. The van der Waals surface area contributed by atoms with Gasteiger partial charge in [-0.25, -0.2) is 0 Å². The average molecular weight is 241 g/mol. The van der Waals surface area contributed by atoms with Gasteiger partial charge in [0.1, 0.15) is 0 Å². The Morgan fingerprint density at radius 2 is 1.82 bits per heavy atom. The first-order valence-corrected chi connectivity index (χ1v) is 6.48. The second kappa shape index (κ2) is 6.81. The van der Waals surface area contributed by atoms with Crippen molar-refractivity contribution in [3.63, 3.8) is 0 Å². The lowest BCUT2D eigenvalue weighted by atomic mass is 10.2. The van der Waals surface area contributed by atoms with E-state index in [1.807, 2.05) is 0 Å². The zero-order chi connectivity index (χ0) is 12.8.